The normalized spacial score (nSPS) is 15.4. The molecule has 2 atom stereocenters. The monoisotopic (exact) mass is 577 g/mol. The first-order valence-electron chi connectivity index (χ1n) is 14.6. The van der Waals surface area contributed by atoms with Crippen LogP contribution in [-0.4, -0.2) is 38.2 Å². The second kappa shape index (κ2) is 12.5. The van der Waals surface area contributed by atoms with Gasteiger partial charge in [0, 0.05) is 30.4 Å². The zero-order valence-electron chi connectivity index (χ0n) is 26.0. The molecule has 0 radical (unpaired) electrons. The molecule has 0 saturated carbocycles. The lowest BCUT2D eigenvalue weighted by Gasteiger charge is -2.42. The largest absolute Gasteiger partial charge is 0.496 e. The fourth-order valence-corrected chi connectivity index (χ4v) is 7.21. The van der Waals surface area contributed by atoms with Gasteiger partial charge in [0.25, 0.3) is 0 Å². The predicted molar refractivity (Wildman–Crippen MR) is 167 cm³/mol. The van der Waals surface area contributed by atoms with Crippen molar-refractivity contribution in [2.75, 3.05) is 14.2 Å². The molecule has 3 aromatic rings. The van der Waals surface area contributed by atoms with E-state index in [1.54, 1.807) is 14.2 Å². The van der Waals surface area contributed by atoms with Crippen molar-refractivity contribution in [2.45, 2.75) is 84.2 Å². The SMILES string of the molecule is COc1cc([C@@H](O[Si](C)(C)C(C)(C)C)[C@@H](CC2Cc3ccccc3C2)Cn2ccc(CC(=O)O)c2)cc(OC)c1C. The minimum absolute atomic E-state index is 0.0197. The molecule has 1 N–H and O–H groups in total. The second-order valence-corrected chi connectivity index (χ2v) is 17.9. The number of methoxy groups -OCH3 is 2. The van der Waals surface area contributed by atoms with Gasteiger partial charge in [-0.2, -0.15) is 0 Å². The summed E-state index contributed by atoms with van der Waals surface area (Å²) in [7, 11) is 1.20. The van der Waals surface area contributed by atoms with Gasteiger partial charge in [-0.1, -0.05) is 45.0 Å². The zero-order valence-corrected chi connectivity index (χ0v) is 27.0. The summed E-state index contributed by atoms with van der Waals surface area (Å²) in [4.78, 5) is 11.4. The van der Waals surface area contributed by atoms with Gasteiger partial charge in [-0.3, -0.25) is 4.79 Å². The highest BCUT2D eigenvalue weighted by Crippen LogP contribution is 2.46. The minimum atomic E-state index is -2.20. The topological polar surface area (TPSA) is 69.9 Å². The summed E-state index contributed by atoms with van der Waals surface area (Å²) in [5.41, 5.74) is 5.73. The number of carboxylic acid groups (broad SMARTS) is 1. The molecule has 222 valence electrons. The lowest BCUT2D eigenvalue weighted by molar-refractivity contribution is -0.136. The van der Waals surface area contributed by atoms with Crippen molar-refractivity contribution < 1.29 is 23.8 Å². The van der Waals surface area contributed by atoms with Gasteiger partial charge in [0.15, 0.2) is 8.32 Å². The van der Waals surface area contributed by atoms with Crippen molar-refractivity contribution in [3.05, 3.63) is 82.7 Å². The fraction of sp³-hybridized carbons (Fsp3) is 0.500. The number of nitrogens with zero attached hydrogens (tertiary/aromatic N) is 1. The maximum Gasteiger partial charge on any atom is 0.307 e. The van der Waals surface area contributed by atoms with Crippen molar-refractivity contribution >= 4 is 14.3 Å². The van der Waals surface area contributed by atoms with Gasteiger partial charge in [-0.25, -0.2) is 0 Å². The number of benzene rings is 2. The number of carboxylic acids is 1. The first-order chi connectivity index (χ1) is 19.3. The van der Waals surface area contributed by atoms with E-state index in [9.17, 15) is 9.90 Å². The Hall–Kier alpha value is -3.03. The lowest BCUT2D eigenvalue weighted by atomic mass is 9.85. The van der Waals surface area contributed by atoms with Crippen molar-refractivity contribution in [2.24, 2.45) is 11.8 Å². The molecule has 7 heteroatoms. The van der Waals surface area contributed by atoms with E-state index in [2.05, 4.69) is 74.8 Å². The van der Waals surface area contributed by atoms with Crippen LogP contribution in [0.3, 0.4) is 0 Å². The van der Waals surface area contributed by atoms with E-state index in [4.69, 9.17) is 13.9 Å². The van der Waals surface area contributed by atoms with Gasteiger partial charge in [0.05, 0.1) is 26.7 Å². The molecule has 1 heterocycles. The highest BCUT2D eigenvalue weighted by molar-refractivity contribution is 6.74. The summed E-state index contributed by atoms with van der Waals surface area (Å²) in [6.07, 6.45) is 6.93. The minimum Gasteiger partial charge on any atom is -0.496 e. The molecule has 2 aromatic carbocycles. The van der Waals surface area contributed by atoms with E-state index in [0.717, 1.165) is 54.0 Å². The average Bonchev–Trinajstić information content (AvgIpc) is 3.52. The molecule has 4 rings (SSSR count). The van der Waals surface area contributed by atoms with Gasteiger partial charge in [0.1, 0.15) is 11.5 Å². The maximum atomic E-state index is 11.4. The fourth-order valence-electron chi connectivity index (χ4n) is 5.89. The highest BCUT2D eigenvalue weighted by Gasteiger charge is 2.42. The third-order valence-corrected chi connectivity index (χ3v) is 13.6. The molecule has 0 amide bonds. The Morgan fingerprint density at radius 1 is 1.05 bits per heavy atom. The molecule has 0 spiro atoms. The van der Waals surface area contributed by atoms with Gasteiger partial charge in [-0.05, 0) is 90.7 Å². The Labute approximate surface area is 246 Å². The third-order valence-electron chi connectivity index (χ3n) is 9.14. The number of fused-ring (bicyclic) bond motifs is 1. The molecule has 0 fully saturated rings. The van der Waals surface area contributed by atoms with Crippen LogP contribution in [-0.2, 0) is 35.0 Å². The molecule has 0 unspecified atom stereocenters. The Bertz CT molecular complexity index is 1310. The van der Waals surface area contributed by atoms with Gasteiger partial charge in [0.2, 0.25) is 0 Å². The number of hydrogen-bond donors (Lipinski definition) is 1. The van der Waals surface area contributed by atoms with Gasteiger partial charge in [-0.15, -0.1) is 0 Å². The highest BCUT2D eigenvalue weighted by atomic mass is 28.4. The second-order valence-electron chi connectivity index (χ2n) is 13.2. The summed E-state index contributed by atoms with van der Waals surface area (Å²) in [5, 5.41) is 9.38. The number of ether oxygens (including phenoxy) is 2. The molecule has 0 aliphatic heterocycles. The number of hydrogen-bond acceptors (Lipinski definition) is 4. The number of aromatic nitrogens is 1. The molecule has 1 aliphatic carbocycles. The van der Waals surface area contributed by atoms with E-state index in [1.807, 2.05) is 25.4 Å². The Morgan fingerprint density at radius 2 is 1.63 bits per heavy atom. The van der Waals surface area contributed by atoms with Crippen LogP contribution in [0.4, 0.5) is 0 Å². The van der Waals surface area contributed by atoms with Crippen LogP contribution in [0.25, 0.3) is 0 Å². The van der Waals surface area contributed by atoms with Crippen molar-refractivity contribution in [3.8, 4) is 11.5 Å². The Morgan fingerprint density at radius 3 is 2.15 bits per heavy atom. The van der Waals surface area contributed by atoms with Gasteiger partial charge >= 0.3 is 5.97 Å². The molecule has 0 saturated heterocycles. The third kappa shape index (κ3) is 7.25. The number of aliphatic carboxylic acids is 1. The van der Waals surface area contributed by atoms with Crippen molar-refractivity contribution in [1.82, 2.24) is 4.57 Å². The van der Waals surface area contributed by atoms with Crippen molar-refractivity contribution in [1.29, 1.82) is 0 Å². The molecule has 1 aromatic heterocycles. The quantitative estimate of drug-likeness (QED) is 0.224. The van der Waals surface area contributed by atoms with E-state index < -0.39 is 14.3 Å². The van der Waals surface area contributed by atoms with Gasteiger partial charge < -0.3 is 23.6 Å². The maximum absolute atomic E-state index is 11.4. The Balaban J connectivity index is 1.78. The van der Waals surface area contributed by atoms with Crippen molar-refractivity contribution in [3.63, 3.8) is 0 Å². The van der Waals surface area contributed by atoms with Crippen LogP contribution >= 0.6 is 0 Å². The summed E-state index contributed by atoms with van der Waals surface area (Å²) in [6.45, 7) is 14.2. The number of carbonyl (C=O) groups is 1. The average molecular weight is 578 g/mol. The molecular formula is C34H47NO5Si. The number of rotatable bonds is 12. The molecule has 6 nitrogen and oxygen atoms in total. The van der Waals surface area contributed by atoms with Crippen LogP contribution in [0, 0.1) is 18.8 Å². The first kappa shape index (κ1) is 30.9. The summed E-state index contributed by atoms with van der Waals surface area (Å²) >= 11 is 0. The summed E-state index contributed by atoms with van der Waals surface area (Å²) in [5.74, 6) is 1.41. The van der Waals surface area contributed by atoms with E-state index in [0.29, 0.717) is 5.92 Å². The van der Waals surface area contributed by atoms with Crippen LogP contribution in [0.1, 0.15) is 61.1 Å². The van der Waals surface area contributed by atoms with Crippen LogP contribution in [0.2, 0.25) is 18.1 Å². The van der Waals surface area contributed by atoms with Crippen LogP contribution in [0.5, 0.6) is 11.5 Å². The predicted octanol–water partition coefficient (Wildman–Crippen LogP) is 7.63. The standard InChI is InChI=1S/C34H47NO5Si/c1-23-30(38-5)19-28(20-31(23)39-6)33(40-41(7,8)34(2,3)4)29(22-35-14-13-24(21-35)18-32(36)37)17-25-15-26-11-9-10-12-27(26)16-25/h9-14,19-21,25,29,33H,15-18,22H2,1-8H3,(H,36,37)/t29-,33+/m0/s1. The van der Waals surface area contributed by atoms with E-state index >= 15 is 0 Å². The molecule has 0 bridgehead atoms. The summed E-state index contributed by atoms with van der Waals surface area (Å²) < 4.78 is 21.1. The molecule has 1 aliphatic rings. The van der Waals surface area contributed by atoms with E-state index in [1.165, 1.54) is 11.1 Å². The molecule has 41 heavy (non-hydrogen) atoms. The zero-order chi connectivity index (χ0) is 29.9. The smallest absolute Gasteiger partial charge is 0.307 e. The summed E-state index contributed by atoms with van der Waals surface area (Å²) in [6, 6.07) is 14.9. The Kier molecular flexibility index (Phi) is 9.39. The van der Waals surface area contributed by atoms with E-state index in [-0.39, 0.29) is 23.5 Å². The van der Waals surface area contributed by atoms with Crippen LogP contribution < -0.4 is 9.47 Å². The molecular weight excluding hydrogens is 530 g/mol. The van der Waals surface area contributed by atoms with Crippen LogP contribution in [0.15, 0.2) is 54.9 Å². The lowest BCUT2D eigenvalue weighted by Crippen LogP contribution is -2.43. The first-order valence-corrected chi connectivity index (χ1v) is 17.6.